The minimum Gasteiger partial charge on any atom is -0.477 e. The number of hydrogen-bond donors (Lipinski definition) is 2. The minimum absolute atomic E-state index is 0.116. The predicted molar refractivity (Wildman–Crippen MR) is 65.2 cm³/mol. The molecule has 0 aliphatic carbocycles. The van der Waals surface area contributed by atoms with Gasteiger partial charge in [0.15, 0.2) is 0 Å². The van der Waals surface area contributed by atoms with E-state index in [1.54, 1.807) is 0 Å². The lowest BCUT2D eigenvalue weighted by Gasteiger charge is -2.03. The average molecular weight is 302 g/mol. The van der Waals surface area contributed by atoms with Crippen LogP contribution in [0.4, 0.5) is 11.4 Å². The Morgan fingerprint density at radius 3 is 2.76 bits per heavy atom. The van der Waals surface area contributed by atoms with E-state index in [4.69, 9.17) is 5.11 Å². The lowest BCUT2D eigenvalue weighted by molar-refractivity contribution is -0.384. The van der Waals surface area contributed by atoms with Gasteiger partial charge in [0.25, 0.3) is 5.69 Å². The predicted octanol–water partition coefficient (Wildman–Crippen LogP) is 2.23. The average Bonchev–Trinajstić information content (AvgIpc) is 2.25. The lowest BCUT2D eigenvalue weighted by Crippen LogP contribution is -2.10. The number of benzene rings is 1. The molecule has 90 valence electrons. The number of carbonyl (C=O) groups is 1. The summed E-state index contributed by atoms with van der Waals surface area (Å²) in [5, 5.41) is 22.8. The van der Waals surface area contributed by atoms with E-state index in [2.05, 4.69) is 26.5 Å². The van der Waals surface area contributed by atoms with Gasteiger partial charge in [0.1, 0.15) is 11.4 Å². The maximum Gasteiger partial charge on any atom is 0.351 e. The fraction of sp³-hybridized carbons (Fsp3) is 0.111. The summed E-state index contributed by atoms with van der Waals surface area (Å²) in [7, 11) is 0. The molecule has 1 rings (SSSR count). The first-order chi connectivity index (χ1) is 7.91. The van der Waals surface area contributed by atoms with Crippen molar-refractivity contribution in [2.24, 2.45) is 5.10 Å². The number of carboxylic acids is 1. The van der Waals surface area contributed by atoms with Crippen molar-refractivity contribution in [1.82, 2.24) is 0 Å². The molecule has 17 heavy (non-hydrogen) atoms. The highest BCUT2D eigenvalue weighted by molar-refractivity contribution is 9.10. The van der Waals surface area contributed by atoms with E-state index in [0.717, 1.165) is 0 Å². The number of rotatable bonds is 4. The smallest absolute Gasteiger partial charge is 0.351 e. The van der Waals surface area contributed by atoms with Crippen molar-refractivity contribution >= 4 is 39.0 Å². The Bertz CT molecular complexity index is 501. The highest BCUT2D eigenvalue weighted by Crippen LogP contribution is 2.27. The molecule has 0 spiro atoms. The second-order valence-corrected chi connectivity index (χ2v) is 3.95. The first-order valence-corrected chi connectivity index (χ1v) is 5.18. The van der Waals surface area contributed by atoms with Gasteiger partial charge in [-0.15, -0.1) is 0 Å². The van der Waals surface area contributed by atoms with Crippen LogP contribution in [0.15, 0.2) is 27.8 Å². The van der Waals surface area contributed by atoms with E-state index in [-0.39, 0.29) is 17.1 Å². The largest absolute Gasteiger partial charge is 0.477 e. The Kier molecular flexibility index (Phi) is 4.16. The lowest BCUT2D eigenvalue weighted by atomic mass is 10.3. The van der Waals surface area contributed by atoms with Crippen LogP contribution >= 0.6 is 15.9 Å². The molecule has 7 nitrogen and oxygen atoms in total. The van der Waals surface area contributed by atoms with E-state index < -0.39 is 10.9 Å². The Labute approximate surface area is 104 Å². The maximum atomic E-state index is 10.7. The Hall–Kier alpha value is -1.96. The molecule has 0 atom stereocenters. The molecule has 0 radical (unpaired) electrons. The van der Waals surface area contributed by atoms with Crippen LogP contribution in [0.5, 0.6) is 0 Å². The van der Waals surface area contributed by atoms with Gasteiger partial charge in [-0.05, 0) is 19.1 Å². The zero-order chi connectivity index (χ0) is 13.0. The van der Waals surface area contributed by atoms with Crippen LogP contribution < -0.4 is 5.43 Å². The number of nitrogens with one attached hydrogen (secondary N) is 1. The topological polar surface area (TPSA) is 105 Å². The van der Waals surface area contributed by atoms with Crippen LogP contribution in [-0.2, 0) is 4.79 Å². The number of hydrazone groups is 1. The van der Waals surface area contributed by atoms with Gasteiger partial charge in [-0.3, -0.25) is 15.5 Å². The van der Waals surface area contributed by atoms with Crippen molar-refractivity contribution in [2.45, 2.75) is 6.92 Å². The molecule has 0 amide bonds. The van der Waals surface area contributed by atoms with Gasteiger partial charge < -0.3 is 5.11 Å². The summed E-state index contributed by atoms with van der Waals surface area (Å²) in [6.07, 6.45) is 0. The highest BCUT2D eigenvalue weighted by Gasteiger charge is 2.13. The summed E-state index contributed by atoms with van der Waals surface area (Å²) in [6, 6.07) is 4.24. The fourth-order valence-electron chi connectivity index (χ4n) is 0.949. The van der Waals surface area contributed by atoms with E-state index in [1.165, 1.54) is 25.1 Å². The van der Waals surface area contributed by atoms with Crippen LogP contribution in [0.3, 0.4) is 0 Å². The first kappa shape index (κ1) is 13.1. The highest BCUT2D eigenvalue weighted by atomic mass is 79.9. The Morgan fingerprint density at radius 1 is 1.59 bits per heavy atom. The zero-order valence-electron chi connectivity index (χ0n) is 8.68. The number of nitro groups is 1. The standard InChI is InChI=1S/C9H8BrN3O4/c1-5(9(14)15)11-12-7-4-6(10)2-3-8(7)13(16)17/h2-4,12H,1H3,(H,14,15)/b11-5+. The number of carboxylic acid groups (broad SMARTS) is 1. The Morgan fingerprint density at radius 2 is 2.24 bits per heavy atom. The van der Waals surface area contributed by atoms with Crippen molar-refractivity contribution in [1.29, 1.82) is 0 Å². The van der Waals surface area contributed by atoms with Crippen LogP contribution in [0.1, 0.15) is 6.92 Å². The zero-order valence-corrected chi connectivity index (χ0v) is 10.3. The first-order valence-electron chi connectivity index (χ1n) is 4.39. The van der Waals surface area contributed by atoms with Gasteiger partial charge in [-0.1, -0.05) is 15.9 Å². The molecule has 2 N–H and O–H groups in total. The molecule has 1 aromatic rings. The van der Waals surface area contributed by atoms with Crippen molar-refractivity contribution in [3.8, 4) is 0 Å². The van der Waals surface area contributed by atoms with E-state index in [0.29, 0.717) is 4.47 Å². The molecule has 0 aromatic heterocycles. The minimum atomic E-state index is -1.20. The van der Waals surface area contributed by atoms with Crippen LogP contribution in [-0.4, -0.2) is 21.7 Å². The van der Waals surface area contributed by atoms with Gasteiger partial charge in [0.2, 0.25) is 0 Å². The second kappa shape index (κ2) is 5.39. The quantitative estimate of drug-likeness (QED) is 0.504. The number of nitrogens with zero attached hydrogens (tertiary/aromatic N) is 2. The molecule has 0 aliphatic rings. The number of aliphatic carboxylic acids is 1. The van der Waals surface area contributed by atoms with E-state index in [1.807, 2.05) is 0 Å². The summed E-state index contributed by atoms with van der Waals surface area (Å²) in [6.45, 7) is 1.28. The molecule has 0 fully saturated rings. The van der Waals surface area contributed by atoms with Crippen molar-refractivity contribution < 1.29 is 14.8 Å². The molecule has 0 bridgehead atoms. The molecule has 0 saturated carbocycles. The normalized spacial score (nSPS) is 11.1. The third kappa shape index (κ3) is 3.52. The molecular weight excluding hydrogens is 294 g/mol. The summed E-state index contributed by atoms with van der Waals surface area (Å²) < 4.78 is 0.619. The molecular formula is C9H8BrN3O4. The monoisotopic (exact) mass is 301 g/mol. The van der Waals surface area contributed by atoms with E-state index >= 15 is 0 Å². The summed E-state index contributed by atoms with van der Waals surface area (Å²) >= 11 is 3.15. The fourth-order valence-corrected chi connectivity index (χ4v) is 1.31. The number of anilines is 1. The molecule has 0 saturated heterocycles. The van der Waals surface area contributed by atoms with Crippen LogP contribution in [0, 0.1) is 10.1 Å². The molecule has 8 heteroatoms. The molecule has 1 aromatic carbocycles. The number of nitro benzene ring substituents is 1. The third-order valence-electron chi connectivity index (χ3n) is 1.81. The maximum absolute atomic E-state index is 10.7. The summed E-state index contributed by atoms with van der Waals surface area (Å²) in [5.74, 6) is -1.20. The van der Waals surface area contributed by atoms with Gasteiger partial charge in [-0.25, -0.2) is 4.79 Å². The van der Waals surface area contributed by atoms with Gasteiger partial charge in [0.05, 0.1) is 4.92 Å². The molecule has 0 unspecified atom stereocenters. The van der Waals surface area contributed by atoms with Gasteiger partial charge in [-0.2, -0.15) is 5.10 Å². The van der Waals surface area contributed by atoms with Crippen LogP contribution in [0.2, 0.25) is 0 Å². The van der Waals surface area contributed by atoms with Crippen molar-refractivity contribution in [2.75, 3.05) is 5.43 Å². The van der Waals surface area contributed by atoms with Gasteiger partial charge >= 0.3 is 5.97 Å². The SMILES string of the molecule is C/C(=N\Nc1cc(Br)ccc1[N+](=O)[O-])C(=O)O. The van der Waals surface area contributed by atoms with E-state index in [9.17, 15) is 14.9 Å². The third-order valence-corrected chi connectivity index (χ3v) is 2.30. The molecule has 0 heterocycles. The second-order valence-electron chi connectivity index (χ2n) is 3.03. The van der Waals surface area contributed by atoms with Crippen molar-refractivity contribution in [3.63, 3.8) is 0 Å². The Balaban J connectivity index is 3.05. The van der Waals surface area contributed by atoms with Crippen molar-refractivity contribution in [3.05, 3.63) is 32.8 Å². The number of hydrogen-bond acceptors (Lipinski definition) is 5. The van der Waals surface area contributed by atoms with Gasteiger partial charge in [0, 0.05) is 10.5 Å². The van der Waals surface area contributed by atoms with Crippen LogP contribution in [0.25, 0.3) is 0 Å². The summed E-state index contributed by atoms with van der Waals surface area (Å²) in [5.41, 5.74) is 2.09. The molecule has 0 aliphatic heterocycles. The number of halogens is 1. The summed E-state index contributed by atoms with van der Waals surface area (Å²) in [4.78, 5) is 20.6.